The number of methoxy groups -OCH3 is 1. The van der Waals surface area contributed by atoms with Crippen molar-refractivity contribution in [2.75, 3.05) is 33.5 Å². The molecule has 0 heterocycles. The number of ether oxygens (including phenoxy) is 2. The molecule has 1 rings (SSSR count). The summed E-state index contributed by atoms with van der Waals surface area (Å²) in [4.78, 5) is 24.1. The Morgan fingerprint density at radius 2 is 1.86 bits per heavy atom. The second-order valence-electron chi connectivity index (χ2n) is 4.63. The van der Waals surface area contributed by atoms with Crippen LogP contribution in [0.25, 0.3) is 0 Å². The van der Waals surface area contributed by atoms with Gasteiger partial charge in [0.15, 0.2) is 0 Å². The third-order valence-corrected chi connectivity index (χ3v) is 2.86. The molecule has 1 N–H and O–H groups in total. The Balaban J connectivity index is 2.53. The van der Waals surface area contributed by atoms with Crippen LogP contribution in [0.4, 0.5) is 4.39 Å². The van der Waals surface area contributed by atoms with E-state index in [1.165, 1.54) is 29.2 Å². The zero-order chi connectivity index (χ0) is 16.4. The molecule has 0 saturated heterocycles. The Morgan fingerprint density at radius 3 is 2.45 bits per heavy atom. The van der Waals surface area contributed by atoms with E-state index in [0.717, 1.165) is 0 Å². The number of hydrogen-bond acceptors (Lipinski definition) is 4. The first kappa shape index (κ1) is 18.1. The van der Waals surface area contributed by atoms with Gasteiger partial charge in [-0.25, -0.2) is 4.39 Å². The predicted octanol–water partition coefficient (Wildman–Crippen LogP) is 1.29. The first-order valence-corrected chi connectivity index (χ1v) is 6.83. The Hall–Kier alpha value is -1.99. The van der Waals surface area contributed by atoms with Crippen molar-refractivity contribution in [2.24, 2.45) is 0 Å². The molecule has 0 aliphatic rings. The van der Waals surface area contributed by atoms with Crippen molar-refractivity contribution in [3.8, 4) is 0 Å². The van der Waals surface area contributed by atoms with E-state index in [2.05, 4.69) is 0 Å². The SMILES string of the molecule is COCCOCCC(=O)N(CC(=O)O)Cc1ccc(F)cc1. The van der Waals surface area contributed by atoms with E-state index in [1.54, 1.807) is 7.11 Å². The maximum absolute atomic E-state index is 12.9. The molecule has 0 aromatic heterocycles. The lowest BCUT2D eigenvalue weighted by atomic mass is 10.2. The molecule has 0 atom stereocenters. The van der Waals surface area contributed by atoms with Gasteiger partial charge in [-0.2, -0.15) is 0 Å². The van der Waals surface area contributed by atoms with Crippen molar-refractivity contribution in [2.45, 2.75) is 13.0 Å². The lowest BCUT2D eigenvalue weighted by molar-refractivity contribution is -0.145. The number of rotatable bonds is 10. The molecular formula is C15H20FNO5. The van der Waals surface area contributed by atoms with Gasteiger partial charge in [-0.05, 0) is 17.7 Å². The van der Waals surface area contributed by atoms with Gasteiger partial charge in [0.25, 0.3) is 0 Å². The van der Waals surface area contributed by atoms with Gasteiger partial charge in [0, 0.05) is 13.7 Å². The summed E-state index contributed by atoms with van der Waals surface area (Å²) in [6, 6.07) is 5.58. The van der Waals surface area contributed by atoms with Crippen LogP contribution in [0.3, 0.4) is 0 Å². The van der Waals surface area contributed by atoms with Crippen molar-refractivity contribution in [3.05, 3.63) is 35.6 Å². The third-order valence-electron chi connectivity index (χ3n) is 2.86. The normalized spacial score (nSPS) is 10.5. The maximum Gasteiger partial charge on any atom is 0.323 e. The van der Waals surface area contributed by atoms with Crippen LogP contribution in [0.2, 0.25) is 0 Å². The van der Waals surface area contributed by atoms with Gasteiger partial charge in [0.05, 0.1) is 26.2 Å². The van der Waals surface area contributed by atoms with Crippen molar-refractivity contribution in [1.82, 2.24) is 4.90 Å². The first-order valence-electron chi connectivity index (χ1n) is 6.83. The van der Waals surface area contributed by atoms with Crippen LogP contribution < -0.4 is 0 Å². The Morgan fingerprint density at radius 1 is 1.18 bits per heavy atom. The van der Waals surface area contributed by atoms with Gasteiger partial charge in [-0.3, -0.25) is 9.59 Å². The quantitative estimate of drug-likeness (QED) is 0.659. The summed E-state index contributed by atoms with van der Waals surface area (Å²) < 4.78 is 22.9. The Bertz CT molecular complexity index is 477. The maximum atomic E-state index is 12.9. The Kier molecular flexibility index (Phi) is 8.09. The molecule has 0 aliphatic heterocycles. The number of benzene rings is 1. The summed E-state index contributed by atoms with van der Waals surface area (Å²) in [5, 5.41) is 8.89. The summed E-state index contributed by atoms with van der Waals surface area (Å²) in [5.41, 5.74) is 0.663. The number of amides is 1. The minimum atomic E-state index is -1.10. The van der Waals surface area contributed by atoms with E-state index in [-0.39, 0.29) is 31.3 Å². The van der Waals surface area contributed by atoms with E-state index in [0.29, 0.717) is 18.8 Å². The summed E-state index contributed by atoms with van der Waals surface area (Å²) in [6.07, 6.45) is 0.0815. The van der Waals surface area contributed by atoms with Gasteiger partial charge >= 0.3 is 5.97 Å². The highest BCUT2D eigenvalue weighted by Crippen LogP contribution is 2.08. The molecule has 6 nitrogen and oxygen atoms in total. The van der Waals surface area contributed by atoms with Crippen LogP contribution in [0.15, 0.2) is 24.3 Å². The molecule has 1 aromatic carbocycles. The monoisotopic (exact) mass is 313 g/mol. The number of carboxylic acid groups (broad SMARTS) is 1. The van der Waals surface area contributed by atoms with Crippen molar-refractivity contribution in [3.63, 3.8) is 0 Å². The van der Waals surface area contributed by atoms with E-state index < -0.39 is 12.5 Å². The van der Waals surface area contributed by atoms with E-state index >= 15 is 0 Å². The van der Waals surface area contributed by atoms with Crippen molar-refractivity contribution in [1.29, 1.82) is 0 Å². The molecule has 0 saturated carbocycles. The van der Waals surface area contributed by atoms with Crippen LogP contribution in [0, 0.1) is 5.82 Å². The van der Waals surface area contributed by atoms with Crippen LogP contribution in [0.5, 0.6) is 0 Å². The predicted molar refractivity (Wildman–Crippen MR) is 76.8 cm³/mol. The number of carbonyl (C=O) groups is 2. The van der Waals surface area contributed by atoms with Crippen molar-refractivity contribution < 1.29 is 28.6 Å². The number of halogens is 1. The minimum absolute atomic E-state index is 0.0815. The van der Waals surface area contributed by atoms with E-state index in [9.17, 15) is 14.0 Å². The highest BCUT2D eigenvalue weighted by molar-refractivity contribution is 5.81. The lowest BCUT2D eigenvalue weighted by Crippen LogP contribution is -2.35. The molecule has 0 spiro atoms. The zero-order valence-electron chi connectivity index (χ0n) is 12.5. The summed E-state index contributed by atoms with van der Waals surface area (Å²) in [7, 11) is 1.55. The second kappa shape index (κ2) is 9.86. The van der Waals surface area contributed by atoms with Crippen LogP contribution in [0.1, 0.15) is 12.0 Å². The molecule has 0 fully saturated rings. The number of aliphatic carboxylic acids is 1. The fourth-order valence-corrected chi connectivity index (χ4v) is 1.77. The number of nitrogens with zero attached hydrogens (tertiary/aromatic N) is 1. The minimum Gasteiger partial charge on any atom is -0.480 e. The topological polar surface area (TPSA) is 76.1 Å². The van der Waals surface area contributed by atoms with Gasteiger partial charge in [0.1, 0.15) is 12.4 Å². The molecule has 7 heteroatoms. The number of carbonyl (C=O) groups excluding carboxylic acids is 1. The van der Waals surface area contributed by atoms with Gasteiger partial charge in [-0.1, -0.05) is 12.1 Å². The fraction of sp³-hybridized carbons (Fsp3) is 0.467. The molecular weight excluding hydrogens is 293 g/mol. The summed E-state index contributed by atoms with van der Waals surface area (Å²) >= 11 is 0. The smallest absolute Gasteiger partial charge is 0.323 e. The van der Waals surface area contributed by atoms with Crippen molar-refractivity contribution >= 4 is 11.9 Å². The van der Waals surface area contributed by atoms with E-state index in [4.69, 9.17) is 14.6 Å². The molecule has 0 radical (unpaired) electrons. The average Bonchev–Trinajstić information content (AvgIpc) is 2.48. The van der Waals surface area contributed by atoms with Gasteiger partial charge in [-0.15, -0.1) is 0 Å². The molecule has 0 bridgehead atoms. The lowest BCUT2D eigenvalue weighted by Gasteiger charge is -2.21. The molecule has 1 aromatic rings. The Labute approximate surface area is 128 Å². The molecule has 1 amide bonds. The molecule has 122 valence electrons. The summed E-state index contributed by atoms with van der Waals surface area (Å²) in [6.45, 7) is 0.711. The van der Waals surface area contributed by atoms with Gasteiger partial charge in [0.2, 0.25) is 5.91 Å². The van der Waals surface area contributed by atoms with Crippen LogP contribution in [-0.4, -0.2) is 55.4 Å². The standard InChI is InChI=1S/C15H20FNO5/c1-21-8-9-22-7-6-14(18)17(11-15(19)20)10-12-2-4-13(16)5-3-12/h2-5H,6-11H2,1H3,(H,19,20). The van der Waals surface area contributed by atoms with E-state index in [1.807, 2.05) is 0 Å². The highest BCUT2D eigenvalue weighted by Gasteiger charge is 2.17. The zero-order valence-corrected chi connectivity index (χ0v) is 12.5. The highest BCUT2D eigenvalue weighted by atomic mass is 19.1. The molecule has 0 aliphatic carbocycles. The largest absolute Gasteiger partial charge is 0.480 e. The molecule has 22 heavy (non-hydrogen) atoms. The average molecular weight is 313 g/mol. The number of hydrogen-bond donors (Lipinski definition) is 1. The van der Waals surface area contributed by atoms with Crippen LogP contribution >= 0.6 is 0 Å². The van der Waals surface area contributed by atoms with Crippen LogP contribution in [-0.2, 0) is 25.6 Å². The summed E-state index contributed by atoms with van der Waals surface area (Å²) in [5.74, 6) is -1.81. The fourth-order valence-electron chi connectivity index (χ4n) is 1.77. The number of carboxylic acids is 1. The first-order chi connectivity index (χ1) is 10.5. The molecule has 0 unspecified atom stereocenters. The van der Waals surface area contributed by atoms with Gasteiger partial charge < -0.3 is 19.5 Å². The third kappa shape index (κ3) is 7.14. The second-order valence-corrected chi connectivity index (χ2v) is 4.63.